The maximum absolute atomic E-state index is 4.22. The molecule has 0 unspecified atom stereocenters. The summed E-state index contributed by atoms with van der Waals surface area (Å²) in [5.41, 5.74) is 8.12. The number of aryl methyl sites for hydroxylation is 1. The quantitative estimate of drug-likeness (QED) is 0.466. The number of likely N-dealkylation sites (N-methyl/N-ethyl adjacent to an activating group) is 1. The van der Waals surface area contributed by atoms with Gasteiger partial charge in [0.05, 0.1) is 5.52 Å². The lowest BCUT2D eigenvalue weighted by molar-refractivity contribution is 0.312. The summed E-state index contributed by atoms with van der Waals surface area (Å²) >= 11 is 0. The first kappa shape index (κ1) is 17.2. The predicted molar refractivity (Wildman–Crippen MR) is 118 cm³/mol. The Morgan fingerprint density at radius 2 is 1.96 bits per heavy atom. The minimum absolute atomic E-state index is 1.03. The zero-order chi connectivity index (χ0) is 19.3. The van der Waals surface area contributed by atoms with E-state index in [4.69, 9.17) is 0 Å². The molecule has 1 aliphatic heterocycles. The molecular weight excluding hydrogens is 342 g/mol. The molecule has 2 aromatic carbocycles. The standard InChI is InChI=1S/C25H25N3/c1-17-4-7-24-22(12-17)23-16-27(3)11-9-25(23)28(24)15-18(2)19-5-6-21-14-26-10-8-20(21)13-19/h4-8,10,12-15H,9,11,16H2,1-3H3. The van der Waals surface area contributed by atoms with Gasteiger partial charge in [-0.2, -0.15) is 0 Å². The van der Waals surface area contributed by atoms with E-state index in [9.17, 15) is 0 Å². The minimum Gasteiger partial charge on any atom is -0.320 e. The van der Waals surface area contributed by atoms with Gasteiger partial charge in [-0.3, -0.25) is 4.98 Å². The number of hydrogen-bond donors (Lipinski definition) is 0. The van der Waals surface area contributed by atoms with Gasteiger partial charge < -0.3 is 9.47 Å². The zero-order valence-electron chi connectivity index (χ0n) is 16.7. The maximum atomic E-state index is 4.22. The summed E-state index contributed by atoms with van der Waals surface area (Å²) < 4.78 is 2.43. The minimum atomic E-state index is 1.03. The molecule has 0 saturated carbocycles. The van der Waals surface area contributed by atoms with Gasteiger partial charge in [-0.1, -0.05) is 23.8 Å². The van der Waals surface area contributed by atoms with Crippen LogP contribution in [0.1, 0.15) is 29.3 Å². The lowest BCUT2D eigenvalue weighted by Gasteiger charge is -2.23. The van der Waals surface area contributed by atoms with Crippen LogP contribution in [0.15, 0.2) is 54.9 Å². The SMILES string of the molecule is CC(=Cn1c2c(c3cc(C)ccc31)CN(C)CC2)c1ccc2cnccc2c1. The highest BCUT2D eigenvalue weighted by Crippen LogP contribution is 2.33. The molecule has 140 valence electrons. The third-order valence-corrected chi connectivity index (χ3v) is 5.95. The van der Waals surface area contributed by atoms with Crippen LogP contribution in [0.4, 0.5) is 0 Å². The summed E-state index contributed by atoms with van der Waals surface area (Å²) in [6.07, 6.45) is 7.20. The molecule has 0 spiro atoms. The van der Waals surface area contributed by atoms with Crippen molar-refractivity contribution in [3.8, 4) is 0 Å². The highest BCUT2D eigenvalue weighted by atomic mass is 15.1. The van der Waals surface area contributed by atoms with E-state index < -0.39 is 0 Å². The Labute approximate surface area is 165 Å². The van der Waals surface area contributed by atoms with E-state index in [1.165, 1.54) is 49.6 Å². The molecule has 0 bridgehead atoms. The van der Waals surface area contributed by atoms with Crippen molar-refractivity contribution in [3.05, 3.63) is 77.2 Å². The highest BCUT2D eigenvalue weighted by Gasteiger charge is 2.21. The van der Waals surface area contributed by atoms with E-state index in [-0.39, 0.29) is 0 Å². The lowest BCUT2D eigenvalue weighted by atomic mass is 10.0. The second-order valence-corrected chi connectivity index (χ2v) is 8.05. The molecule has 1 aliphatic rings. The molecule has 5 rings (SSSR count). The number of nitrogens with zero attached hydrogens (tertiary/aromatic N) is 3. The molecule has 3 nitrogen and oxygen atoms in total. The molecule has 0 amide bonds. The molecule has 0 atom stereocenters. The third kappa shape index (κ3) is 2.83. The monoisotopic (exact) mass is 367 g/mol. The normalized spacial score (nSPS) is 15.3. The first-order valence-corrected chi connectivity index (χ1v) is 9.93. The fourth-order valence-corrected chi connectivity index (χ4v) is 4.39. The molecule has 0 N–H and O–H groups in total. The van der Waals surface area contributed by atoms with Crippen molar-refractivity contribution >= 4 is 33.4 Å². The summed E-state index contributed by atoms with van der Waals surface area (Å²) in [5, 5.41) is 3.81. The lowest BCUT2D eigenvalue weighted by Crippen LogP contribution is -2.26. The van der Waals surface area contributed by atoms with Crippen LogP contribution in [-0.2, 0) is 13.0 Å². The Morgan fingerprint density at radius 1 is 1.07 bits per heavy atom. The molecule has 0 radical (unpaired) electrons. The van der Waals surface area contributed by atoms with Crippen LogP contribution in [0, 0.1) is 6.92 Å². The van der Waals surface area contributed by atoms with Gasteiger partial charge in [0.1, 0.15) is 0 Å². The Kier molecular flexibility index (Phi) is 4.06. The van der Waals surface area contributed by atoms with Crippen molar-refractivity contribution in [2.45, 2.75) is 26.8 Å². The van der Waals surface area contributed by atoms with Crippen LogP contribution >= 0.6 is 0 Å². The van der Waals surface area contributed by atoms with E-state index in [0.29, 0.717) is 0 Å². The van der Waals surface area contributed by atoms with Crippen molar-refractivity contribution in [2.24, 2.45) is 0 Å². The van der Waals surface area contributed by atoms with Crippen LogP contribution in [0.25, 0.3) is 33.4 Å². The van der Waals surface area contributed by atoms with Crippen LogP contribution in [0.5, 0.6) is 0 Å². The molecule has 28 heavy (non-hydrogen) atoms. The van der Waals surface area contributed by atoms with Gasteiger partial charge in [-0.25, -0.2) is 0 Å². The van der Waals surface area contributed by atoms with E-state index in [0.717, 1.165) is 19.5 Å². The Morgan fingerprint density at radius 3 is 2.86 bits per heavy atom. The summed E-state index contributed by atoms with van der Waals surface area (Å²) in [6, 6.07) is 15.5. The fourth-order valence-electron chi connectivity index (χ4n) is 4.39. The van der Waals surface area contributed by atoms with Gasteiger partial charge in [-0.05, 0) is 67.2 Å². The largest absolute Gasteiger partial charge is 0.320 e. The third-order valence-electron chi connectivity index (χ3n) is 5.95. The number of rotatable bonds is 2. The van der Waals surface area contributed by atoms with Gasteiger partial charge in [0.2, 0.25) is 0 Å². The van der Waals surface area contributed by atoms with Crippen molar-refractivity contribution < 1.29 is 0 Å². The van der Waals surface area contributed by atoms with Gasteiger partial charge in [0, 0.05) is 54.6 Å². The van der Waals surface area contributed by atoms with Crippen molar-refractivity contribution in [3.63, 3.8) is 0 Å². The van der Waals surface area contributed by atoms with Crippen LogP contribution in [0.2, 0.25) is 0 Å². The average Bonchev–Trinajstić information content (AvgIpc) is 2.99. The van der Waals surface area contributed by atoms with Crippen molar-refractivity contribution in [2.75, 3.05) is 13.6 Å². The second kappa shape index (κ2) is 6.61. The summed E-state index contributed by atoms with van der Waals surface area (Å²) in [4.78, 5) is 6.64. The molecule has 4 aromatic rings. The summed E-state index contributed by atoms with van der Waals surface area (Å²) in [7, 11) is 2.22. The number of fused-ring (bicyclic) bond motifs is 4. The summed E-state index contributed by atoms with van der Waals surface area (Å²) in [5.74, 6) is 0. The van der Waals surface area contributed by atoms with Crippen LogP contribution < -0.4 is 0 Å². The van der Waals surface area contributed by atoms with Gasteiger partial charge >= 0.3 is 0 Å². The molecule has 0 saturated heterocycles. The molecular formula is C25H25N3. The first-order valence-electron chi connectivity index (χ1n) is 9.93. The second-order valence-electron chi connectivity index (χ2n) is 8.05. The average molecular weight is 367 g/mol. The van der Waals surface area contributed by atoms with Crippen molar-refractivity contribution in [1.82, 2.24) is 14.5 Å². The number of aromatic nitrogens is 2. The topological polar surface area (TPSA) is 21.1 Å². The first-order chi connectivity index (χ1) is 13.6. The Hall–Kier alpha value is -2.91. The number of benzene rings is 2. The van der Waals surface area contributed by atoms with Gasteiger partial charge in [0.15, 0.2) is 0 Å². The van der Waals surface area contributed by atoms with E-state index in [1.807, 2.05) is 12.4 Å². The van der Waals surface area contributed by atoms with Gasteiger partial charge in [0.25, 0.3) is 0 Å². The molecule has 3 heterocycles. The smallest absolute Gasteiger partial charge is 0.0529 e. The number of hydrogen-bond acceptors (Lipinski definition) is 2. The Bertz CT molecular complexity index is 1230. The highest BCUT2D eigenvalue weighted by molar-refractivity contribution is 5.92. The van der Waals surface area contributed by atoms with Crippen LogP contribution in [0.3, 0.4) is 0 Å². The number of allylic oxidation sites excluding steroid dienone is 1. The van der Waals surface area contributed by atoms with Gasteiger partial charge in [-0.15, -0.1) is 0 Å². The van der Waals surface area contributed by atoms with E-state index in [1.54, 1.807) is 0 Å². The molecule has 0 fully saturated rings. The summed E-state index contributed by atoms with van der Waals surface area (Å²) in [6.45, 7) is 6.53. The Balaban J connectivity index is 1.67. The molecule has 0 aliphatic carbocycles. The maximum Gasteiger partial charge on any atom is 0.0529 e. The zero-order valence-corrected chi connectivity index (χ0v) is 16.7. The van der Waals surface area contributed by atoms with Crippen LogP contribution in [-0.4, -0.2) is 28.0 Å². The van der Waals surface area contributed by atoms with E-state index in [2.05, 4.69) is 84.0 Å². The molecule has 2 aromatic heterocycles. The number of pyridine rings is 1. The predicted octanol–water partition coefficient (Wildman–Crippen LogP) is 5.50. The van der Waals surface area contributed by atoms with E-state index >= 15 is 0 Å². The molecule has 3 heteroatoms. The fraction of sp³-hybridized carbons (Fsp3) is 0.240. The van der Waals surface area contributed by atoms with Crippen molar-refractivity contribution in [1.29, 1.82) is 0 Å².